The summed E-state index contributed by atoms with van der Waals surface area (Å²) in [5, 5.41) is 0. The summed E-state index contributed by atoms with van der Waals surface area (Å²) in [5.41, 5.74) is 1.32. The minimum absolute atomic E-state index is 0.112. The highest BCUT2D eigenvalue weighted by molar-refractivity contribution is 7.90. The minimum Gasteiger partial charge on any atom is -0.264 e. The topological polar surface area (TPSA) is 105 Å². The molecule has 1 aromatic heterocycles. The zero-order valence-corrected chi connectivity index (χ0v) is 14.8. The molecule has 7 nitrogen and oxygen atoms in total. The van der Waals surface area contributed by atoms with Gasteiger partial charge in [-0.2, -0.15) is 0 Å². The first-order valence-electron chi connectivity index (χ1n) is 7.22. The second kappa shape index (κ2) is 7.84. The van der Waals surface area contributed by atoms with Crippen LogP contribution in [-0.4, -0.2) is 34.1 Å². The SMILES string of the molecule is Cc1ccccc1S(=O)(=O)NCCS(=O)(=O)NCc1cccnc1. The Kier molecular flexibility index (Phi) is 6.05. The van der Waals surface area contributed by atoms with Crippen LogP contribution in [0.3, 0.4) is 0 Å². The van der Waals surface area contributed by atoms with E-state index >= 15 is 0 Å². The van der Waals surface area contributed by atoms with Gasteiger partial charge in [-0.3, -0.25) is 4.98 Å². The molecule has 9 heteroatoms. The number of sulfonamides is 2. The van der Waals surface area contributed by atoms with Crippen LogP contribution in [0.4, 0.5) is 0 Å². The Bertz CT molecular complexity index is 882. The van der Waals surface area contributed by atoms with Crippen LogP contribution < -0.4 is 9.44 Å². The van der Waals surface area contributed by atoms with Crippen molar-refractivity contribution < 1.29 is 16.8 Å². The maximum Gasteiger partial charge on any atom is 0.240 e. The lowest BCUT2D eigenvalue weighted by Crippen LogP contribution is -2.34. The number of aromatic nitrogens is 1. The maximum atomic E-state index is 12.2. The first-order valence-corrected chi connectivity index (χ1v) is 10.4. The van der Waals surface area contributed by atoms with E-state index in [0.717, 1.165) is 5.56 Å². The average molecular weight is 369 g/mol. The largest absolute Gasteiger partial charge is 0.264 e. The Morgan fingerprint density at radius 1 is 1.00 bits per heavy atom. The van der Waals surface area contributed by atoms with Crippen molar-refractivity contribution in [3.8, 4) is 0 Å². The molecule has 2 aromatic rings. The van der Waals surface area contributed by atoms with E-state index in [-0.39, 0.29) is 23.7 Å². The van der Waals surface area contributed by atoms with Crippen LogP contribution in [0.5, 0.6) is 0 Å². The van der Waals surface area contributed by atoms with Crippen molar-refractivity contribution in [2.45, 2.75) is 18.4 Å². The predicted molar refractivity (Wildman–Crippen MR) is 91.2 cm³/mol. The molecule has 0 spiro atoms. The number of hydrogen-bond donors (Lipinski definition) is 2. The molecule has 0 unspecified atom stereocenters. The summed E-state index contributed by atoms with van der Waals surface area (Å²) in [6.45, 7) is 1.58. The van der Waals surface area contributed by atoms with Gasteiger partial charge in [0.1, 0.15) is 0 Å². The first-order chi connectivity index (χ1) is 11.3. The third-order valence-corrected chi connectivity index (χ3v) is 6.21. The van der Waals surface area contributed by atoms with Gasteiger partial charge in [-0.25, -0.2) is 26.3 Å². The molecular weight excluding hydrogens is 350 g/mol. The van der Waals surface area contributed by atoms with Crippen LogP contribution in [0.1, 0.15) is 11.1 Å². The number of rotatable bonds is 8. The summed E-state index contributed by atoms with van der Waals surface area (Å²) >= 11 is 0. The molecular formula is C15H19N3O4S2. The Morgan fingerprint density at radius 3 is 2.42 bits per heavy atom. The molecule has 0 fully saturated rings. The van der Waals surface area contributed by atoms with Crippen LogP contribution in [0.15, 0.2) is 53.7 Å². The van der Waals surface area contributed by atoms with Crippen molar-refractivity contribution in [3.05, 3.63) is 59.9 Å². The molecule has 0 bridgehead atoms. The fourth-order valence-corrected chi connectivity index (χ4v) is 4.32. The quantitative estimate of drug-likeness (QED) is 0.716. The van der Waals surface area contributed by atoms with Gasteiger partial charge in [-0.05, 0) is 30.2 Å². The third kappa shape index (κ3) is 5.38. The zero-order chi connectivity index (χ0) is 17.6. The second-order valence-electron chi connectivity index (χ2n) is 5.16. The predicted octanol–water partition coefficient (Wildman–Crippen LogP) is 0.788. The van der Waals surface area contributed by atoms with Crippen LogP contribution in [0, 0.1) is 6.92 Å². The minimum atomic E-state index is -3.73. The molecule has 1 heterocycles. The van der Waals surface area contributed by atoms with Gasteiger partial charge in [0.25, 0.3) is 0 Å². The van der Waals surface area contributed by atoms with Crippen LogP contribution in [0.2, 0.25) is 0 Å². The van der Waals surface area contributed by atoms with Crippen LogP contribution >= 0.6 is 0 Å². The van der Waals surface area contributed by atoms with Crippen molar-refractivity contribution >= 4 is 20.0 Å². The molecule has 0 radical (unpaired) electrons. The van der Waals surface area contributed by atoms with Gasteiger partial charge in [0.2, 0.25) is 20.0 Å². The number of pyridine rings is 1. The highest BCUT2D eigenvalue weighted by atomic mass is 32.2. The molecule has 0 saturated heterocycles. The van der Waals surface area contributed by atoms with E-state index in [1.54, 1.807) is 49.6 Å². The fourth-order valence-electron chi connectivity index (χ4n) is 2.01. The van der Waals surface area contributed by atoms with Gasteiger partial charge in [0, 0.05) is 25.5 Å². The molecule has 0 atom stereocenters. The number of nitrogens with one attached hydrogen (secondary N) is 2. The molecule has 0 amide bonds. The van der Waals surface area contributed by atoms with E-state index < -0.39 is 20.0 Å². The summed E-state index contributed by atoms with van der Waals surface area (Å²) in [6.07, 6.45) is 3.15. The summed E-state index contributed by atoms with van der Waals surface area (Å²) in [4.78, 5) is 4.04. The van der Waals surface area contributed by atoms with Crippen molar-refractivity contribution in [3.63, 3.8) is 0 Å². The number of aryl methyl sites for hydroxylation is 1. The molecule has 24 heavy (non-hydrogen) atoms. The molecule has 2 rings (SSSR count). The summed E-state index contributed by atoms with van der Waals surface area (Å²) in [7, 11) is -7.33. The smallest absolute Gasteiger partial charge is 0.240 e. The van der Waals surface area contributed by atoms with Crippen LogP contribution in [-0.2, 0) is 26.6 Å². The van der Waals surface area contributed by atoms with Crippen molar-refractivity contribution in [2.24, 2.45) is 0 Å². The normalized spacial score (nSPS) is 12.2. The van der Waals surface area contributed by atoms with Gasteiger partial charge < -0.3 is 0 Å². The Morgan fingerprint density at radius 2 is 1.75 bits per heavy atom. The van der Waals surface area contributed by atoms with E-state index in [4.69, 9.17) is 0 Å². The molecule has 2 N–H and O–H groups in total. The van der Waals surface area contributed by atoms with E-state index in [1.807, 2.05) is 0 Å². The number of nitrogens with zero attached hydrogens (tertiary/aromatic N) is 1. The Balaban J connectivity index is 1.89. The summed E-state index contributed by atoms with van der Waals surface area (Å²) < 4.78 is 52.9. The van der Waals surface area contributed by atoms with Crippen molar-refractivity contribution in [1.29, 1.82) is 0 Å². The molecule has 0 saturated carbocycles. The summed E-state index contributed by atoms with van der Waals surface area (Å²) in [6, 6.07) is 9.97. The highest BCUT2D eigenvalue weighted by Gasteiger charge is 2.17. The Hall–Kier alpha value is -1.81. The lowest BCUT2D eigenvalue weighted by Gasteiger charge is -2.10. The monoisotopic (exact) mass is 369 g/mol. The Labute approximate surface area is 142 Å². The number of benzene rings is 1. The zero-order valence-electron chi connectivity index (χ0n) is 13.1. The van der Waals surface area contributed by atoms with Gasteiger partial charge in [-0.15, -0.1) is 0 Å². The standard InChI is InChI=1S/C15H19N3O4S2/c1-13-5-2-3-7-15(13)24(21,22)17-9-10-23(19,20)18-12-14-6-4-8-16-11-14/h2-8,11,17-18H,9-10,12H2,1H3. The van der Waals surface area contributed by atoms with E-state index in [1.165, 1.54) is 6.07 Å². The van der Waals surface area contributed by atoms with E-state index in [2.05, 4.69) is 14.4 Å². The molecule has 1 aromatic carbocycles. The van der Waals surface area contributed by atoms with Crippen molar-refractivity contribution in [1.82, 2.24) is 14.4 Å². The van der Waals surface area contributed by atoms with Gasteiger partial charge in [0.05, 0.1) is 10.6 Å². The highest BCUT2D eigenvalue weighted by Crippen LogP contribution is 2.13. The van der Waals surface area contributed by atoms with Crippen molar-refractivity contribution in [2.75, 3.05) is 12.3 Å². The lowest BCUT2D eigenvalue weighted by atomic mass is 10.2. The fraction of sp³-hybridized carbons (Fsp3) is 0.267. The maximum absolute atomic E-state index is 12.2. The number of hydrogen-bond acceptors (Lipinski definition) is 5. The first kappa shape index (κ1) is 18.5. The van der Waals surface area contributed by atoms with E-state index in [9.17, 15) is 16.8 Å². The lowest BCUT2D eigenvalue weighted by molar-refractivity contribution is 0.574. The van der Waals surface area contributed by atoms with E-state index in [0.29, 0.717) is 5.56 Å². The molecule has 0 aliphatic carbocycles. The van der Waals surface area contributed by atoms with Gasteiger partial charge in [-0.1, -0.05) is 24.3 Å². The molecule has 0 aliphatic heterocycles. The third-order valence-electron chi connectivity index (χ3n) is 3.26. The second-order valence-corrected chi connectivity index (χ2v) is 8.83. The van der Waals surface area contributed by atoms with Gasteiger partial charge in [0.15, 0.2) is 0 Å². The summed E-state index contributed by atoms with van der Waals surface area (Å²) in [5.74, 6) is -0.349. The van der Waals surface area contributed by atoms with Crippen LogP contribution in [0.25, 0.3) is 0 Å². The van der Waals surface area contributed by atoms with Gasteiger partial charge >= 0.3 is 0 Å². The molecule has 0 aliphatic rings. The molecule has 130 valence electrons. The average Bonchev–Trinajstić information content (AvgIpc) is 2.54.